The molecule has 1 aliphatic carbocycles. The van der Waals surface area contributed by atoms with E-state index in [0.717, 1.165) is 16.7 Å². The highest BCUT2D eigenvalue weighted by Gasteiger charge is 2.43. The summed E-state index contributed by atoms with van der Waals surface area (Å²) in [7, 11) is 0. The Morgan fingerprint density at radius 1 is 1.04 bits per heavy atom. The Morgan fingerprint density at radius 2 is 1.71 bits per heavy atom. The maximum atomic E-state index is 15.4. The number of aromatic nitrogens is 4. The van der Waals surface area contributed by atoms with Crippen molar-refractivity contribution in [2.24, 2.45) is 0 Å². The first-order valence-electron chi connectivity index (χ1n) is 14.6. The second-order valence-electron chi connectivity index (χ2n) is 11.9. The molecule has 0 spiro atoms. The molecule has 2 aliphatic heterocycles. The van der Waals surface area contributed by atoms with Crippen molar-refractivity contribution in [3.8, 4) is 11.4 Å². The molecule has 5 heterocycles. The van der Waals surface area contributed by atoms with Crippen LogP contribution in [0.15, 0.2) is 44.0 Å². The highest BCUT2D eigenvalue weighted by Crippen LogP contribution is 2.45. The molecule has 0 radical (unpaired) electrons. The molecule has 45 heavy (non-hydrogen) atoms. The highest BCUT2D eigenvalue weighted by molar-refractivity contribution is 6.36. The number of nitrogens with one attached hydrogen (secondary N) is 1. The molecule has 15 heteroatoms. The van der Waals surface area contributed by atoms with Crippen LogP contribution in [0, 0.1) is 0 Å². The lowest BCUT2D eigenvalue weighted by atomic mass is 10.00. The lowest BCUT2D eigenvalue weighted by Gasteiger charge is -2.37. The van der Waals surface area contributed by atoms with Crippen molar-refractivity contribution in [3.63, 3.8) is 0 Å². The first-order chi connectivity index (χ1) is 21.2. The van der Waals surface area contributed by atoms with E-state index >= 15 is 4.39 Å². The summed E-state index contributed by atoms with van der Waals surface area (Å²) in [6, 6.07) is -1.44. The fourth-order valence-corrected chi connectivity index (χ4v) is 6.97. The molecular formula is C30H30Cl2F4N6O3. The van der Waals surface area contributed by atoms with Crippen molar-refractivity contribution >= 4 is 39.8 Å². The molecule has 3 aromatic rings. The second-order valence-corrected chi connectivity index (χ2v) is 12.7. The molecule has 0 saturated carbocycles. The van der Waals surface area contributed by atoms with E-state index in [1.54, 1.807) is 0 Å². The molecule has 6 rings (SSSR count). The van der Waals surface area contributed by atoms with E-state index in [-0.39, 0.29) is 51.6 Å². The van der Waals surface area contributed by atoms with E-state index in [9.17, 15) is 22.8 Å². The smallest absolute Gasteiger partial charge is 0.431 e. The third kappa shape index (κ3) is 5.03. The fraction of sp³-hybridized carbons (Fsp3) is 0.467. The number of nitrogens with zero attached hydrogens (tertiary/aromatic N) is 5. The van der Waals surface area contributed by atoms with Crippen molar-refractivity contribution in [3.05, 3.63) is 72.2 Å². The standard InChI is InChI=1S/C30H30Cl2F4N6O3/c1-13(2)21-26(22(14(3)4)39-12-38-21)42-24-16(23-27(29(42)44)45-8-5-15-11-37-6-7-40(15)23)9-19(30(34,35)36)41(28(24)43)25-18(32)10-17(31)20(25)33/h9-10,12-15,25,37H,5-8,11H2,1-4H3/t15-,25-/m0/s1. The summed E-state index contributed by atoms with van der Waals surface area (Å²) in [6.45, 7) is 8.78. The number of rotatable bonds is 4. The van der Waals surface area contributed by atoms with Crippen LogP contribution < -0.4 is 26.1 Å². The van der Waals surface area contributed by atoms with Crippen LogP contribution in [-0.2, 0) is 6.18 Å². The minimum absolute atomic E-state index is 0.0844. The lowest BCUT2D eigenvalue weighted by molar-refractivity contribution is -0.144. The Kier molecular flexibility index (Phi) is 8.02. The van der Waals surface area contributed by atoms with Gasteiger partial charge in [-0.1, -0.05) is 50.9 Å². The molecule has 3 aliphatic rings. The zero-order chi connectivity index (χ0) is 32.5. The van der Waals surface area contributed by atoms with Crippen LogP contribution in [0.2, 0.25) is 0 Å². The molecule has 0 bridgehead atoms. The normalized spacial score (nSPS) is 20.4. The van der Waals surface area contributed by atoms with Gasteiger partial charge in [-0.3, -0.25) is 18.7 Å². The van der Waals surface area contributed by atoms with Crippen molar-refractivity contribution in [1.82, 2.24) is 24.4 Å². The Hall–Kier alpha value is -3.42. The van der Waals surface area contributed by atoms with Crippen LogP contribution in [0.4, 0.5) is 23.2 Å². The van der Waals surface area contributed by atoms with E-state index in [1.807, 2.05) is 32.6 Å². The van der Waals surface area contributed by atoms with Gasteiger partial charge >= 0.3 is 6.18 Å². The van der Waals surface area contributed by atoms with Gasteiger partial charge in [0.25, 0.3) is 11.1 Å². The van der Waals surface area contributed by atoms with Gasteiger partial charge in [0.1, 0.15) is 29.4 Å². The number of fused-ring (bicyclic) bond motifs is 5. The largest absolute Gasteiger partial charge is 0.486 e. The number of halogens is 6. The molecule has 2 atom stereocenters. The van der Waals surface area contributed by atoms with Crippen LogP contribution in [0.1, 0.15) is 69.1 Å². The third-order valence-corrected chi connectivity index (χ3v) is 8.99. The number of pyridine rings is 2. The number of anilines is 1. The van der Waals surface area contributed by atoms with Crippen LogP contribution >= 0.6 is 23.2 Å². The second kappa shape index (κ2) is 11.4. The third-order valence-electron chi connectivity index (χ3n) is 8.38. The molecule has 0 amide bonds. The molecule has 0 unspecified atom stereocenters. The SMILES string of the molecule is CC(C)c1ncnc(C(C)C)c1-n1c(=O)c2c(c3cc(C(F)(F)F)n([C@H]4C(Cl)=CC(Cl)=C4F)c(=O)c31)N1CCNC[C@@H]1CCO2. The first-order valence-corrected chi connectivity index (χ1v) is 15.3. The first kappa shape index (κ1) is 31.6. The van der Waals surface area contributed by atoms with Gasteiger partial charge in [-0.15, -0.1) is 0 Å². The molecule has 240 valence electrons. The minimum atomic E-state index is -5.13. The van der Waals surface area contributed by atoms with Gasteiger partial charge in [-0.2, -0.15) is 13.2 Å². The highest BCUT2D eigenvalue weighted by atomic mass is 35.5. The van der Waals surface area contributed by atoms with Gasteiger partial charge in [-0.05, 0) is 24.0 Å². The van der Waals surface area contributed by atoms with Crippen LogP contribution in [0.5, 0.6) is 5.75 Å². The molecule has 1 saturated heterocycles. The Balaban J connectivity index is 1.88. The van der Waals surface area contributed by atoms with Crippen molar-refractivity contribution in [2.75, 3.05) is 31.1 Å². The lowest BCUT2D eigenvalue weighted by Crippen LogP contribution is -2.51. The summed E-state index contributed by atoms with van der Waals surface area (Å²) in [4.78, 5) is 40.1. The molecular weight excluding hydrogens is 639 g/mol. The van der Waals surface area contributed by atoms with Gasteiger partial charge in [0.05, 0.1) is 34.4 Å². The van der Waals surface area contributed by atoms with Crippen LogP contribution in [-0.4, -0.2) is 51.4 Å². The summed E-state index contributed by atoms with van der Waals surface area (Å²) < 4.78 is 67.5. The van der Waals surface area contributed by atoms with E-state index in [1.165, 1.54) is 6.33 Å². The topological polar surface area (TPSA) is 94.3 Å². The minimum Gasteiger partial charge on any atom is -0.486 e. The molecule has 9 nitrogen and oxygen atoms in total. The maximum absolute atomic E-state index is 15.4. The van der Waals surface area contributed by atoms with Gasteiger partial charge in [0, 0.05) is 42.5 Å². The van der Waals surface area contributed by atoms with Gasteiger partial charge in [-0.25, -0.2) is 14.4 Å². The zero-order valence-electron chi connectivity index (χ0n) is 24.8. The number of hydrogen-bond donors (Lipinski definition) is 1. The average Bonchev–Trinajstić information content (AvgIpc) is 3.12. The summed E-state index contributed by atoms with van der Waals surface area (Å²) >= 11 is 12.2. The maximum Gasteiger partial charge on any atom is 0.431 e. The average molecular weight is 670 g/mol. The quantitative estimate of drug-likeness (QED) is 0.348. The number of piperazine rings is 1. The monoisotopic (exact) mass is 668 g/mol. The van der Waals surface area contributed by atoms with E-state index in [2.05, 4.69) is 15.3 Å². The van der Waals surface area contributed by atoms with Gasteiger partial charge in [0.15, 0.2) is 0 Å². The van der Waals surface area contributed by atoms with Gasteiger partial charge in [0.2, 0.25) is 5.75 Å². The van der Waals surface area contributed by atoms with E-state index < -0.39 is 50.4 Å². The van der Waals surface area contributed by atoms with Gasteiger partial charge < -0.3 is 15.0 Å². The summed E-state index contributed by atoms with van der Waals surface area (Å²) in [5.41, 5.74) is -2.89. The number of alkyl halides is 3. The molecule has 1 N–H and O–H groups in total. The molecule has 3 aromatic heterocycles. The van der Waals surface area contributed by atoms with Crippen molar-refractivity contribution < 1.29 is 22.3 Å². The van der Waals surface area contributed by atoms with E-state index in [0.29, 0.717) is 37.4 Å². The summed E-state index contributed by atoms with van der Waals surface area (Å²) in [6.07, 6.45) is -2.35. The molecule has 0 aromatic carbocycles. The van der Waals surface area contributed by atoms with Crippen molar-refractivity contribution in [2.45, 2.75) is 64.2 Å². The van der Waals surface area contributed by atoms with E-state index in [4.69, 9.17) is 27.9 Å². The van der Waals surface area contributed by atoms with Crippen molar-refractivity contribution in [1.29, 1.82) is 0 Å². The zero-order valence-corrected chi connectivity index (χ0v) is 26.3. The fourth-order valence-electron chi connectivity index (χ4n) is 6.39. The Morgan fingerprint density at radius 3 is 2.29 bits per heavy atom. The Bertz CT molecular complexity index is 1870. The summed E-state index contributed by atoms with van der Waals surface area (Å²) in [5.74, 6) is -1.99. The predicted octanol–water partition coefficient (Wildman–Crippen LogP) is 5.87. The number of hydrogen-bond acceptors (Lipinski definition) is 7. The number of allylic oxidation sites excluding steroid dienone is 4. The molecule has 1 fully saturated rings. The predicted molar refractivity (Wildman–Crippen MR) is 164 cm³/mol. The van der Waals surface area contributed by atoms with Crippen LogP contribution in [0.25, 0.3) is 16.6 Å². The Labute approximate surface area is 265 Å². The number of ether oxygens (including phenoxy) is 1. The van der Waals surface area contributed by atoms with Crippen LogP contribution in [0.3, 0.4) is 0 Å². The summed E-state index contributed by atoms with van der Waals surface area (Å²) in [5, 5.41) is 2.14.